The number of nitrogens with one attached hydrogen (secondary N) is 1. The lowest BCUT2D eigenvalue weighted by atomic mass is 10.00. The van der Waals surface area contributed by atoms with Crippen LogP contribution in [0, 0.1) is 0 Å². The third-order valence-electron chi connectivity index (χ3n) is 2.01. The molecule has 1 saturated heterocycles. The molecule has 2 N–H and O–H groups in total. The molecular formula is C7H13NO3. The smallest absolute Gasteiger partial charge is 0.325 e. The van der Waals surface area contributed by atoms with Gasteiger partial charge in [0.1, 0.15) is 5.54 Å². The quantitative estimate of drug-likeness (QED) is 0.495. The molecule has 11 heavy (non-hydrogen) atoms. The van der Waals surface area contributed by atoms with Crippen molar-refractivity contribution in [2.24, 2.45) is 0 Å². The molecule has 1 fully saturated rings. The first-order valence-electron chi connectivity index (χ1n) is 3.60. The highest BCUT2D eigenvalue weighted by molar-refractivity contribution is 5.80. The van der Waals surface area contributed by atoms with E-state index in [-0.39, 0.29) is 5.97 Å². The molecule has 64 valence electrons. The average molecular weight is 159 g/mol. The van der Waals surface area contributed by atoms with E-state index < -0.39 is 11.6 Å². The molecule has 0 saturated carbocycles. The van der Waals surface area contributed by atoms with E-state index >= 15 is 0 Å². The normalized spacial score (nSPS) is 37.2. The van der Waals surface area contributed by atoms with Gasteiger partial charge < -0.3 is 9.84 Å². The van der Waals surface area contributed by atoms with Crippen LogP contribution in [-0.4, -0.2) is 36.4 Å². The molecule has 0 unspecified atom stereocenters. The van der Waals surface area contributed by atoms with Crippen molar-refractivity contribution in [1.82, 2.24) is 5.32 Å². The van der Waals surface area contributed by atoms with Crippen LogP contribution in [0.1, 0.15) is 13.3 Å². The minimum absolute atomic E-state index is 0.311. The summed E-state index contributed by atoms with van der Waals surface area (Å²) in [6, 6.07) is 0. The Morgan fingerprint density at radius 3 is 2.82 bits per heavy atom. The lowest BCUT2D eigenvalue weighted by Crippen LogP contribution is -2.45. The molecule has 2 atom stereocenters. The number of rotatable bonds is 1. The highest BCUT2D eigenvalue weighted by atomic mass is 16.5. The van der Waals surface area contributed by atoms with Crippen molar-refractivity contribution in [1.29, 1.82) is 0 Å². The number of hydrogen-bond donors (Lipinski definition) is 2. The Kier molecular flexibility index (Phi) is 2.15. The van der Waals surface area contributed by atoms with Gasteiger partial charge in [-0.15, -0.1) is 0 Å². The topological polar surface area (TPSA) is 58.6 Å². The van der Waals surface area contributed by atoms with Crippen LogP contribution in [0.15, 0.2) is 0 Å². The zero-order valence-corrected chi connectivity index (χ0v) is 6.76. The van der Waals surface area contributed by atoms with Crippen molar-refractivity contribution in [3.05, 3.63) is 0 Å². The summed E-state index contributed by atoms with van der Waals surface area (Å²) in [5.41, 5.74) is -0.686. The van der Waals surface area contributed by atoms with E-state index in [2.05, 4.69) is 10.1 Å². The van der Waals surface area contributed by atoms with Crippen LogP contribution in [0.25, 0.3) is 0 Å². The number of methoxy groups -OCH3 is 1. The predicted octanol–water partition coefficient (Wildman–Crippen LogP) is -0.728. The van der Waals surface area contributed by atoms with Gasteiger partial charge in [-0.1, -0.05) is 0 Å². The van der Waals surface area contributed by atoms with Crippen LogP contribution in [0.3, 0.4) is 0 Å². The summed E-state index contributed by atoms with van der Waals surface area (Å²) in [5.74, 6) is -0.311. The molecule has 0 bridgehead atoms. The van der Waals surface area contributed by atoms with Crippen molar-refractivity contribution in [3.8, 4) is 0 Å². The Bertz CT molecular complexity index is 171. The summed E-state index contributed by atoms with van der Waals surface area (Å²) in [4.78, 5) is 11.1. The average Bonchev–Trinajstić information content (AvgIpc) is 2.31. The molecule has 0 aromatic heterocycles. The van der Waals surface area contributed by atoms with Gasteiger partial charge in [-0.3, -0.25) is 10.1 Å². The van der Waals surface area contributed by atoms with Gasteiger partial charge in [-0.25, -0.2) is 0 Å². The molecule has 4 nitrogen and oxygen atoms in total. The van der Waals surface area contributed by atoms with Crippen molar-refractivity contribution in [3.63, 3.8) is 0 Å². The Balaban J connectivity index is 2.61. The van der Waals surface area contributed by atoms with Gasteiger partial charge in [0.05, 0.1) is 13.2 Å². The maximum absolute atomic E-state index is 11.1. The fraction of sp³-hybridized carbons (Fsp3) is 0.857. The van der Waals surface area contributed by atoms with Crippen molar-refractivity contribution >= 4 is 5.97 Å². The van der Waals surface area contributed by atoms with E-state index in [1.54, 1.807) is 6.92 Å². The summed E-state index contributed by atoms with van der Waals surface area (Å²) >= 11 is 0. The Morgan fingerprint density at radius 2 is 2.45 bits per heavy atom. The van der Waals surface area contributed by atoms with Crippen LogP contribution in [-0.2, 0) is 9.53 Å². The minimum Gasteiger partial charge on any atom is -0.468 e. The van der Waals surface area contributed by atoms with E-state index in [0.29, 0.717) is 13.0 Å². The first-order chi connectivity index (χ1) is 5.08. The summed E-state index contributed by atoms with van der Waals surface area (Å²) in [7, 11) is 1.35. The monoisotopic (exact) mass is 159 g/mol. The minimum atomic E-state index is -0.686. The highest BCUT2D eigenvalue weighted by Gasteiger charge is 2.41. The molecule has 0 aromatic carbocycles. The second kappa shape index (κ2) is 2.79. The largest absolute Gasteiger partial charge is 0.468 e. The van der Waals surface area contributed by atoms with Gasteiger partial charge in [0.25, 0.3) is 0 Å². The fourth-order valence-corrected chi connectivity index (χ4v) is 1.34. The van der Waals surface area contributed by atoms with Gasteiger partial charge in [-0.2, -0.15) is 0 Å². The number of aliphatic hydroxyl groups excluding tert-OH is 1. The van der Waals surface area contributed by atoms with Gasteiger partial charge in [0.15, 0.2) is 0 Å². The maximum Gasteiger partial charge on any atom is 0.325 e. The number of hydrogen-bond acceptors (Lipinski definition) is 4. The molecule has 4 heteroatoms. The molecule has 0 spiro atoms. The van der Waals surface area contributed by atoms with Gasteiger partial charge in [-0.05, 0) is 6.92 Å². The summed E-state index contributed by atoms with van der Waals surface area (Å²) < 4.78 is 4.57. The standard InChI is InChI=1S/C7H13NO3/c1-7(6(10)11-2)3-5(9)4-8-7/h5,8-9H,3-4H2,1-2H3/t5-,7+/m0/s1. The maximum atomic E-state index is 11.1. The molecule has 0 aliphatic carbocycles. The number of carbonyl (C=O) groups excluding carboxylic acids is 1. The lowest BCUT2D eigenvalue weighted by molar-refractivity contribution is -0.147. The van der Waals surface area contributed by atoms with Gasteiger partial charge >= 0.3 is 5.97 Å². The van der Waals surface area contributed by atoms with Gasteiger partial charge in [0, 0.05) is 13.0 Å². The van der Waals surface area contributed by atoms with Crippen molar-refractivity contribution in [2.45, 2.75) is 25.0 Å². The van der Waals surface area contributed by atoms with E-state index in [1.165, 1.54) is 7.11 Å². The van der Waals surface area contributed by atoms with Gasteiger partial charge in [0.2, 0.25) is 0 Å². The third kappa shape index (κ3) is 1.52. The summed E-state index contributed by atoms with van der Waals surface area (Å²) in [5, 5.41) is 12.0. The molecular weight excluding hydrogens is 146 g/mol. The molecule has 0 amide bonds. The first kappa shape index (κ1) is 8.49. The second-order valence-corrected chi connectivity index (χ2v) is 3.06. The van der Waals surface area contributed by atoms with Crippen LogP contribution < -0.4 is 5.32 Å². The summed E-state index contributed by atoms with van der Waals surface area (Å²) in [6.07, 6.45) is -0.00116. The van der Waals surface area contributed by atoms with E-state index in [0.717, 1.165) is 0 Å². The number of ether oxygens (including phenoxy) is 1. The molecule has 1 aliphatic heterocycles. The zero-order valence-electron chi connectivity index (χ0n) is 6.76. The lowest BCUT2D eigenvalue weighted by Gasteiger charge is -2.19. The number of β-amino-alcohol motifs (C(OH)–C–C–N with tert-alkyl or cyclic N) is 1. The fourth-order valence-electron chi connectivity index (χ4n) is 1.34. The van der Waals surface area contributed by atoms with Crippen LogP contribution >= 0.6 is 0 Å². The Morgan fingerprint density at radius 1 is 1.82 bits per heavy atom. The molecule has 1 aliphatic rings. The molecule has 0 aromatic rings. The number of esters is 1. The SMILES string of the molecule is COC(=O)[C@@]1(C)C[C@H](O)CN1. The van der Waals surface area contributed by atoms with E-state index in [9.17, 15) is 4.79 Å². The van der Waals surface area contributed by atoms with Crippen LogP contribution in [0.5, 0.6) is 0 Å². The number of carbonyl (C=O) groups is 1. The third-order valence-corrected chi connectivity index (χ3v) is 2.01. The Labute approximate surface area is 65.5 Å². The summed E-state index contributed by atoms with van der Waals surface area (Å²) in [6.45, 7) is 2.20. The molecule has 0 radical (unpaired) electrons. The second-order valence-electron chi connectivity index (χ2n) is 3.06. The molecule has 1 rings (SSSR count). The zero-order chi connectivity index (χ0) is 8.48. The van der Waals surface area contributed by atoms with Crippen molar-refractivity contribution < 1.29 is 14.6 Å². The van der Waals surface area contributed by atoms with Crippen LogP contribution in [0.2, 0.25) is 0 Å². The van der Waals surface area contributed by atoms with Crippen LogP contribution in [0.4, 0.5) is 0 Å². The van der Waals surface area contributed by atoms with E-state index in [1.807, 2.05) is 0 Å². The predicted molar refractivity (Wildman–Crippen MR) is 39.0 cm³/mol. The number of aliphatic hydroxyl groups is 1. The highest BCUT2D eigenvalue weighted by Crippen LogP contribution is 2.19. The first-order valence-corrected chi connectivity index (χ1v) is 3.60. The van der Waals surface area contributed by atoms with E-state index in [4.69, 9.17) is 5.11 Å². The van der Waals surface area contributed by atoms with Crippen molar-refractivity contribution in [2.75, 3.05) is 13.7 Å². The molecule has 1 heterocycles. The Hall–Kier alpha value is -0.610.